The number of rotatable bonds is 9. The molecule has 0 radical (unpaired) electrons. The summed E-state index contributed by atoms with van der Waals surface area (Å²) in [5, 5.41) is 0. The molecule has 0 heterocycles. The fraction of sp³-hybridized carbons (Fsp3) is 0.556. The van der Waals surface area contributed by atoms with Gasteiger partial charge < -0.3 is 19.1 Å². The molecule has 0 aliphatic rings. The van der Waals surface area contributed by atoms with E-state index in [4.69, 9.17) is 14.2 Å². The van der Waals surface area contributed by atoms with Crippen molar-refractivity contribution in [2.75, 3.05) is 34.4 Å². The number of hydrogen-bond donors (Lipinski definition) is 0. The van der Waals surface area contributed by atoms with Crippen LogP contribution in [0.25, 0.3) is 0 Å². The quantitative estimate of drug-likeness (QED) is 0.392. The zero-order chi connectivity index (χ0) is 18.1. The van der Waals surface area contributed by atoms with Crippen LogP contribution < -0.4 is 9.47 Å². The van der Waals surface area contributed by atoms with E-state index in [1.54, 1.807) is 12.1 Å². The van der Waals surface area contributed by atoms with E-state index in [2.05, 4.69) is 0 Å². The van der Waals surface area contributed by atoms with Gasteiger partial charge in [0.05, 0.1) is 19.3 Å². The van der Waals surface area contributed by atoms with Crippen LogP contribution in [-0.2, 0) is 9.53 Å². The molecule has 0 saturated heterocycles. The zero-order valence-corrected chi connectivity index (χ0v) is 15.1. The molecule has 0 aliphatic heterocycles. The minimum Gasteiger partial charge on any atom is -0.493 e. The first-order valence-corrected chi connectivity index (χ1v) is 8.04. The SMILES string of the molecule is COc1cc(C(=O)OCCCN(C)C)ccc1OC(=O)CC(C)C. The lowest BCUT2D eigenvalue weighted by molar-refractivity contribution is -0.135. The molecule has 6 heteroatoms. The van der Waals surface area contributed by atoms with Crippen LogP contribution in [-0.4, -0.2) is 51.2 Å². The third kappa shape index (κ3) is 7.00. The highest BCUT2D eigenvalue weighted by Gasteiger charge is 2.15. The fourth-order valence-electron chi connectivity index (χ4n) is 2.01. The minimum absolute atomic E-state index is 0.208. The Labute approximate surface area is 143 Å². The van der Waals surface area contributed by atoms with Gasteiger partial charge in [-0.15, -0.1) is 0 Å². The Balaban J connectivity index is 2.68. The average molecular weight is 337 g/mol. The van der Waals surface area contributed by atoms with Gasteiger partial charge >= 0.3 is 11.9 Å². The highest BCUT2D eigenvalue weighted by atomic mass is 16.6. The third-order valence-electron chi connectivity index (χ3n) is 3.18. The van der Waals surface area contributed by atoms with Gasteiger partial charge in [-0.2, -0.15) is 0 Å². The number of benzene rings is 1. The summed E-state index contributed by atoms with van der Waals surface area (Å²) in [7, 11) is 5.39. The van der Waals surface area contributed by atoms with Crippen LogP contribution in [0.3, 0.4) is 0 Å². The van der Waals surface area contributed by atoms with Crippen molar-refractivity contribution in [1.29, 1.82) is 0 Å². The normalized spacial score (nSPS) is 10.8. The van der Waals surface area contributed by atoms with Crippen molar-refractivity contribution in [3.8, 4) is 11.5 Å². The van der Waals surface area contributed by atoms with Crippen molar-refractivity contribution >= 4 is 11.9 Å². The fourth-order valence-corrected chi connectivity index (χ4v) is 2.01. The van der Waals surface area contributed by atoms with Gasteiger partial charge in [0.25, 0.3) is 0 Å². The average Bonchev–Trinajstić information content (AvgIpc) is 2.50. The predicted octanol–water partition coefficient (Wildman–Crippen LogP) is 2.76. The Morgan fingerprint density at radius 1 is 1.17 bits per heavy atom. The number of carbonyl (C=O) groups is 2. The summed E-state index contributed by atoms with van der Waals surface area (Å²) in [6.07, 6.45) is 1.08. The molecule has 0 spiro atoms. The summed E-state index contributed by atoms with van der Waals surface area (Å²) < 4.78 is 15.7. The third-order valence-corrected chi connectivity index (χ3v) is 3.18. The molecule has 1 aromatic carbocycles. The summed E-state index contributed by atoms with van der Waals surface area (Å²) in [5.74, 6) is 0.0801. The molecule has 1 aromatic rings. The maximum Gasteiger partial charge on any atom is 0.338 e. The van der Waals surface area contributed by atoms with E-state index in [0.29, 0.717) is 30.1 Å². The van der Waals surface area contributed by atoms with Crippen molar-refractivity contribution in [2.24, 2.45) is 5.92 Å². The molecule has 0 fully saturated rings. The molecule has 0 aromatic heterocycles. The number of carbonyl (C=O) groups excluding carboxylic acids is 2. The molecule has 0 amide bonds. The van der Waals surface area contributed by atoms with E-state index in [-0.39, 0.29) is 11.9 Å². The summed E-state index contributed by atoms with van der Waals surface area (Å²) in [4.78, 5) is 25.8. The van der Waals surface area contributed by atoms with Gasteiger partial charge in [0.15, 0.2) is 11.5 Å². The molecule has 24 heavy (non-hydrogen) atoms. The Kier molecular flexibility index (Phi) is 8.26. The molecule has 0 atom stereocenters. The Morgan fingerprint density at radius 3 is 2.46 bits per heavy atom. The number of ether oxygens (including phenoxy) is 3. The summed E-state index contributed by atoms with van der Waals surface area (Å²) >= 11 is 0. The lowest BCUT2D eigenvalue weighted by atomic mass is 10.1. The monoisotopic (exact) mass is 337 g/mol. The Morgan fingerprint density at radius 2 is 1.88 bits per heavy atom. The van der Waals surface area contributed by atoms with Crippen LogP contribution in [0, 0.1) is 5.92 Å². The smallest absolute Gasteiger partial charge is 0.338 e. The van der Waals surface area contributed by atoms with Crippen LogP contribution in [0.1, 0.15) is 37.0 Å². The Hall–Kier alpha value is -2.08. The predicted molar refractivity (Wildman–Crippen MR) is 91.5 cm³/mol. The van der Waals surface area contributed by atoms with E-state index in [1.807, 2.05) is 32.8 Å². The maximum atomic E-state index is 12.0. The zero-order valence-electron chi connectivity index (χ0n) is 15.1. The maximum absolute atomic E-state index is 12.0. The standard InChI is InChI=1S/C18H27NO5/c1-13(2)11-17(20)24-15-8-7-14(12-16(15)22-5)18(21)23-10-6-9-19(3)4/h7-8,12-13H,6,9-11H2,1-5H3. The number of nitrogens with zero attached hydrogens (tertiary/aromatic N) is 1. The highest BCUT2D eigenvalue weighted by molar-refractivity contribution is 5.90. The molecule has 0 N–H and O–H groups in total. The van der Waals surface area contributed by atoms with E-state index in [9.17, 15) is 9.59 Å². The van der Waals surface area contributed by atoms with Gasteiger partial charge in [-0.05, 0) is 44.6 Å². The van der Waals surface area contributed by atoms with Crippen LogP contribution in [0.2, 0.25) is 0 Å². The lowest BCUT2D eigenvalue weighted by Gasteiger charge is -2.12. The van der Waals surface area contributed by atoms with Crippen LogP contribution in [0.5, 0.6) is 11.5 Å². The van der Waals surface area contributed by atoms with Gasteiger partial charge in [-0.25, -0.2) is 4.79 Å². The van der Waals surface area contributed by atoms with Crippen molar-refractivity contribution in [3.05, 3.63) is 23.8 Å². The molecular weight excluding hydrogens is 310 g/mol. The number of hydrogen-bond acceptors (Lipinski definition) is 6. The van der Waals surface area contributed by atoms with E-state index >= 15 is 0 Å². The molecule has 6 nitrogen and oxygen atoms in total. The molecule has 0 aliphatic carbocycles. The van der Waals surface area contributed by atoms with Gasteiger partial charge in [0.1, 0.15) is 0 Å². The molecule has 0 saturated carbocycles. The van der Waals surface area contributed by atoms with Crippen molar-refractivity contribution < 1.29 is 23.8 Å². The van der Waals surface area contributed by atoms with Crippen molar-refractivity contribution in [2.45, 2.75) is 26.7 Å². The van der Waals surface area contributed by atoms with E-state index < -0.39 is 5.97 Å². The Bertz CT molecular complexity index is 554. The minimum atomic E-state index is -0.424. The lowest BCUT2D eigenvalue weighted by Crippen LogP contribution is -2.16. The van der Waals surface area contributed by atoms with Crippen LogP contribution in [0.15, 0.2) is 18.2 Å². The van der Waals surface area contributed by atoms with Gasteiger partial charge in [0.2, 0.25) is 0 Å². The second-order valence-electron chi connectivity index (χ2n) is 6.23. The van der Waals surface area contributed by atoms with Gasteiger partial charge in [-0.3, -0.25) is 4.79 Å². The molecule has 0 unspecified atom stereocenters. The second kappa shape index (κ2) is 9.93. The first-order chi connectivity index (χ1) is 11.3. The van der Waals surface area contributed by atoms with Gasteiger partial charge in [-0.1, -0.05) is 13.8 Å². The molecule has 0 bridgehead atoms. The first kappa shape index (κ1) is 20.0. The van der Waals surface area contributed by atoms with Crippen LogP contribution >= 0.6 is 0 Å². The molecule has 1 rings (SSSR count). The topological polar surface area (TPSA) is 65.1 Å². The van der Waals surface area contributed by atoms with E-state index in [1.165, 1.54) is 13.2 Å². The highest BCUT2D eigenvalue weighted by Crippen LogP contribution is 2.29. The van der Waals surface area contributed by atoms with Crippen molar-refractivity contribution in [1.82, 2.24) is 4.90 Å². The first-order valence-electron chi connectivity index (χ1n) is 8.04. The molecular formula is C18H27NO5. The summed E-state index contributed by atoms with van der Waals surface area (Å²) in [5.41, 5.74) is 0.361. The van der Waals surface area contributed by atoms with Crippen LogP contribution in [0.4, 0.5) is 0 Å². The number of methoxy groups -OCH3 is 1. The van der Waals surface area contributed by atoms with Crippen molar-refractivity contribution in [3.63, 3.8) is 0 Å². The second-order valence-corrected chi connectivity index (χ2v) is 6.23. The summed E-state index contributed by atoms with van der Waals surface area (Å²) in [6, 6.07) is 4.63. The summed E-state index contributed by atoms with van der Waals surface area (Å²) in [6.45, 7) is 5.08. The van der Waals surface area contributed by atoms with Gasteiger partial charge in [0, 0.05) is 13.0 Å². The molecule has 134 valence electrons. The largest absolute Gasteiger partial charge is 0.493 e. The number of esters is 2. The van der Waals surface area contributed by atoms with E-state index in [0.717, 1.165) is 13.0 Å².